The van der Waals surface area contributed by atoms with Crippen molar-refractivity contribution in [2.24, 2.45) is 0 Å². The fourth-order valence-electron chi connectivity index (χ4n) is 2.04. The van der Waals surface area contributed by atoms with E-state index < -0.39 is 17.5 Å². The lowest BCUT2D eigenvalue weighted by molar-refractivity contribution is -0.115. The topological polar surface area (TPSA) is 58.6 Å². The zero-order chi connectivity index (χ0) is 16.1. The van der Waals surface area contributed by atoms with Crippen molar-refractivity contribution in [2.45, 2.75) is 13.0 Å². The average Bonchev–Trinajstić information content (AvgIpc) is 2.50. The molecular weight excluding hydrogens is 292 g/mol. The van der Waals surface area contributed by atoms with Gasteiger partial charge in [-0.1, -0.05) is 0 Å². The minimum absolute atomic E-state index is 0.0200. The molecule has 2 rings (SSSR count). The summed E-state index contributed by atoms with van der Waals surface area (Å²) in [6, 6.07) is 7.71. The SMILES string of the molecule is COc1ccc(NC(=O)Cc2cc(F)ccc2F)cc1CO. The van der Waals surface area contributed by atoms with Gasteiger partial charge in [0, 0.05) is 16.8 Å². The Labute approximate surface area is 126 Å². The summed E-state index contributed by atoms with van der Waals surface area (Å²) >= 11 is 0. The number of amides is 1. The second-order valence-electron chi connectivity index (χ2n) is 4.65. The molecule has 0 saturated carbocycles. The summed E-state index contributed by atoms with van der Waals surface area (Å²) in [7, 11) is 1.47. The molecule has 0 heterocycles. The number of hydrogen-bond donors (Lipinski definition) is 2. The van der Waals surface area contributed by atoms with Gasteiger partial charge in [-0.25, -0.2) is 8.78 Å². The molecule has 0 aliphatic rings. The highest BCUT2D eigenvalue weighted by Crippen LogP contribution is 2.22. The van der Waals surface area contributed by atoms with E-state index in [1.807, 2.05) is 0 Å². The van der Waals surface area contributed by atoms with Gasteiger partial charge in [0.05, 0.1) is 20.1 Å². The van der Waals surface area contributed by atoms with Gasteiger partial charge in [-0.3, -0.25) is 4.79 Å². The summed E-state index contributed by atoms with van der Waals surface area (Å²) < 4.78 is 31.6. The van der Waals surface area contributed by atoms with Gasteiger partial charge in [-0.2, -0.15) is 0 Å². The van der Waals surface area contributed by atoms with Gasteiger partial charge in [0.25, 0.3) is 0 Å². The average molecular weight is 307 g/mol. The molecule has 0 saturated heterocycles. The molecule has 0 unspecified atom stereocenters. The number of aliphatic hydroxyl groups is 1. The van der Waals surface area contributed by atoms with Crippen molar-refractivity contribution in [2.75, 3.05) is 12.4 Å². The van der Waals surface area contributed by atoms with Crippen molar-refractivity contribution in [1.29, 1.82) is 0 Å². The number of methoxy groups -OCH3 is 1. The van der Waals surface area contributed by atoms with E-state index in [4.69, 9.17) is 4.74 Å². The molecule has 4 nitrogen and oxygen atoms in total. The number of hydrogen-bond acceptors (Lipinski definition) is 3. The van der Waals surface area contributed by atoms with E-state index in [0.717, 1.165) is 18.2 Å². The molecular formula is C16H15F2NO3. The number of ether oxygens (including phenoxy) is 1. The molecule has 116 valence electrons. The molecule has 6 heteroatoms. The predicted octanol–water partition coefficient (Wildman–Crippen LogP) is 2.65. The predicted molar refractivity (Wildman–Crippen MR) is 77.6 cm³/mol. The minimum atomic E-state index is -0.637. The Kier molecular flexibility index (Phi) is 5.06. The van der Waals surface area contributed by atoms with Crippen LogP contribution in [0.4, 0.5) is 14.5 Å². The molecule has 0 bridgehead atoms. The van der Waals surface area contributed by atoms with Crippen molar-refractivity contribution in [3.63, 3.8) is 0 Å². The van der Waals surface area contributed by atoms with Crippen LogP contribution in [0.25, 0.3) is 0 Å². The molecule has 0 aliphatic carbocycles. The lowest BCUT2D eigenvalue weighted by Crippen LogP contribution is -2.15. The maximum atomic E-state index is 13.5. The molecule has 0 radical (unpaired) electrons. The summed E-state index contributed by atoms with van der Waals surface area (Å²) in [4.78, 5) is 11.9. The largest absolute Gasteiger partial charge is 0.496 e. The molecule has 22 heavy (non-hydrogen) atoms. The van der Waals surface area contributed by atoms with Gasteiger partial charge >= 0.3 is 0 Å². The number of halogens is 2. The van der Waals surface area contributed by atoms with Gasteiger partial charge < -0.3 is 15.2 Å². The molecule has 0 aromatic heterocycles. The Bertz CT molecular complexity index is 689. The van der Waals surface area contributed by atoms with Crippen LogP contribution in [0, 0.1) is 11.6 Å². The molecule has 0 fully saturated rings. The highest BCUT2D eigenvalue weighted by molar-refractivity contribution is 5.92. The van der Waals surface area contributed by atoms with Gasteiger partial charge in [-0.05, 0) is 36.4 Å². The van der Waals surface area contributed by atoms with Crippen LogP contribution in [0.1, 0.15) is 11.1 Å². The third kappa shape index (κ3) is 3.79. The Morgan fingerprint density at radius 3 is 2.64 bits per heavy atom. The quantitative estimate of drug-likeness (QED) is 0.893. The van der Waals surface area contributed by atoms with Crippen LogP contribution >= 0.6 is 0 Å². The van der Waals surface area contributed by atoms with E-state index in [2.05, 4.69) is 5.32 Å². The van der Waals surface area contributed by atoms with Gasteiger partial charge in [0.2, 0.25) is 5.91 Å². The van der Waals surface area contributed by atoms with E-state index in [1.54, 1.807) is 18.2 Å². The zero-order valence-electron chi connectivity index (χ0n) is 11.9. The smallest absolute Gasteiger partial charge is 0.228 e. The molecule has 0 spiro atoms. The Morgan fingerprint density at radius 1 is 1.18 bits per heavy atom. The molecule has 2 aromatic rings. The molecule has 0 atom stereocenters. The summed E-state index contributed by atoms with van der Waals surface area (Å²) in [5, 5.41) is 11.8. The number of carbonyl (C=O) groups excluding carboxylic acids is 1. The Hall–Kier alpha value is -2.47. The van der Waals surface area contributed by atoms with Crippen LogP contribution in [0.15, 0.2) is 36.4 Å². The van der Waals surface area contributed by atoms with Crippen molar-refractivity contribution >= 4 is 11.6 Å². The lowest BCUT2D eigenvalue weighted by Gasteiger charge is -2.10. The van der Waals surface area contributed by atoms with Crippen LogP contribution in [-0.2, 0) is 17.8 Å². The molecule has 1 amide bonds. The highest BCUT2D eigenvalue weighted by atomic mass is 19.1. The molecule has 0 aliphatic heterocycles. The first kappa shape index (κ1) is 15.9. The normalized spacial score (nSPS) is 10.4. The third-order valence-corrected chi connectivity index (χ3v) is 3.09. The second kappa shape index (κ2) is 7.00. The lowest BCUT2D eigenvalue weighted by atomic mass is 10.1. The van der Waals surface area contributed by atoms with Crippen LogP contribution in [0.2, 0.25) is 0 Å². The minimum Gasteiger partial charge on any atom is -0.496 e. The monoisotopic (exact) mass is 307 g/mol. The number of rotatable bonds is 5. The second-order valence-corrected chi connectivity index (χ2v) is 4.65. The van der Waals surface area contributed by atoms with E-state index in [0.29, 0.717) is 17.0 Å². The van der Waals surface area contributed by atoms with E-state index in [-0.39, 0.29) is 18.6 Å². The fourth-order valence-corrected chi connectivity index (χ4v) is 2.04. The first-order chi connectivity index (χ1) is 10.5. The Balaban J connectivity index is 2.10. The molecule has 2 aromatic carbocycles. The summed E-state index contributed by atoms with van der Waals surface area (Å²) in [5.74, 6) is -1.23. The summed E-state index contributed by atoms with van der Waals surface area (Å²) in [5.41, 5.74) is 0.928. The van der Waals surface area contributed by atoms with Crippen molar-refractivity contribution in [3.8, 4) is 5.75 Å². The van der Waals surface area contributed by atoms with E-state index in [9.17, 15) is 18.7 Å². The number of nitrogens with one attached hydrogen (secondary N) is 1. The fraction of sp³-hybridized carbons (Fsp3) is 0.188. The maximum Gasteiger partial charge on any atom is 0.228 e. The van der Waals surface area contributed by atoms with Crippen LogP contribution in [0.5, 0.6) is 5.75 Å². The standard InChI is InChI=1S/C16H15F2NO3/c1-22-15-5-3-13(7-11(15)9-20)19-16(21)8-10-6-12(17)2-4-14(10)18/h2-7,20H,8-9H2,1H3,(H,19,21). The first-order valence-electron chi connectivity index (χ1n) is 6.55. The van der Waals surface area contributed by atoms with E-state index in [1.165, 1.54) is 7.11 Å². The maximum absolute atomic E-state index is 13.5. The Morgan fingerprint density at radius 2 is 1.95 bits per heavy atom. The number of carbonyl (C=O) groups is 1. The summed E-state index contributed by atoms with van der Waals surface area (Å²) in [6.45, 7) is -0.245. The van der Waals surface area contributed by atoms with Gasteiger partial charge in [-0.15, -0.1) is 0 Å². The number of anilines is 1. The number of aliphatic hydroxyl groups excluding tert-OH is 1. The van der Waals surface area contributed by atoms with Crippen LogP contribution in [-0.4, -0.2) is 18.1 Å². The van der Waals surface area contributed by atoms with Crippen LogP contribution in [0.3, 0.4) is 0 Å². The molecule has 2 N–H and O–H groups in total. The highest BCUT2D eigenvalue weighted by Gasteiger charge is 2.11. The van der Waals surface area contributed by atoms with Gasteiger partial charge in [0.1, 0.15) is 17.4 Å². The summed E-state index contributed by atoms with van der Waals surface area (Å²) in [6.07, 6.45) is -0.288. The van der Waals surface area contributed by atoms with E-state index >= 15 is 0 Å². The number of benzene rings is 2. The van der Waals surface area contributed by atoms with Crippen molar-refractivity contribution in [1.82, 2.24) is 0 Å². The van der Waals surface area contributed by atoms with Crippen molar-refractivity contribution in [3.05, 3.63) is 59.2 Å². The van der Waals surface area contributed by atoms with Crippen molar-refractivity contribution < 1.29 is 23.4 Å². The van der Waals surface area contributed by atoms with Crippen LogP contribution < -0.4 is 10.1 Å². The van der Waals surface area contributed by atoms with Gasteiger partial charge in [0.15, 0.2) is 0 Å². The third-order valence-electron chi connectivity index (χ3n) is 3.09. The zero-order valence-corrected chi connectivity index (χ0v) is 11.9. The first-order valence-corrected chi connectivity index (χ1v) is 6.55.